The van der Waals surface area contributed by atoms with Gasteiger partial charge < -0.3 is 20.4 Å². The Morgan fingerprint density at radius 3 is 2.58 bits per heavy atom. The Labute approximate surface area is 274 Å². The van der Waals surface area contributed by atoms with Crippen LogP contribution in [0.2, 0.25) is 0 Å². The van der Waals surface area contributed by atoms with Gasteiger partial charge in [0.25, 0.3) is 0 Å². The highest BCUT2D eigenvalue weighted by molar-refractivity contribution is 5.76. The van der Waals surface area contributed by atoms with Gasteiger partial charge in [-0.1, -0.05) is 0 Å². The van der Waals surface area contributed by atoms with Crippen LogP contribution in [0.25, 0.3) is 5.65 Å². The number of piperidine rings is 1. The highest BCUT2D eigenvalue weighted by Crippen LogP contribution is 2.39. The van der Waals surface area contributed by atoms with Gasteiger partial charge in [0.05, 0.1) is 53.3 Å². The molecular weight excluding hydrogens is 627 g/mol. The standard InChI is InChI=1S/C31H36F3N13O/c1-29(2,18-36)19-37-12-22-5-10-43(11-6-22)26(48)17-45-16-24(14-38-45)40-28-41-27-25(4-3-9-46(27)42-28)44-20-30(21-44,7-8-35)47-15-23(13-39-47)31(32,33)34/h3-4,9,13-16,22,37H,5-7,10-12,17,19-21H2,1-2H3,(H,40,42). The Kier molecular flexibility index (Phi) is 8.74. The summed E-state index contributed by atoms with van der Waals surface area (Å²) in [5, 5.41) is 37.9. The third-order valence-corrected chi connectivity index (χ3v) is 8.91. The van der Waals surface area contributed by atoms with E-state index in [0.29, 0.717) is 48.5 Å². The lowest BCUT2D eigenvalue weighted by Crippen LogP contribution is -2.63. The van der Waals surface area contributed by atoms with Crippen molar-refractivity contribution in [2.75, 3.05) is 49.5 Å². The minimum atomic E-state index is -4.52. The van der Waals surface area contributed by atoms with E-state index in [1.807, 2.05) is 29.7 Å². The number of halogens is 3. The van der Waals surface area contributed by atoms with Crippen LogP contribution in [0.15, 0.2) is 43.1 Å². The molecule has 0 aromatic carbocycles. The number of carbonyl (C=O) groups excluding carboxylic acids is 1. The van der Waals surface area contributed by atoms with Crippen molar-refractivity contribution in [2.45, 2.75) is 51.4 Å². The van der Waals surface area contributed by atoms with E-state index in [0.717, 1.165) is 31.8 Å². The zero-order valence-electron chi connectivity index (χ0n) is 26.7. The molecule has 4 aromatic rings. The first-order chi connectivity index (χ1) is 22.9. The topological polar surface area (TPSA) is 161 Å². The van der Waals surface area contributed by atoms with Gasteiger partial charge in [-0.15, -0.1) is 5.10 Å². The number of nitriles is 2. The van der Waals surface area contributed by atoms with E-state index in [1.165, 1.54) is 4.68 Å². The number of carbonyl (C=O) groups is 1. The molecule has 17 heteroatoms. The van der Waals surface area contributed by atoms with Gasteiger partial charge in [0, 0.05) is 51.3 Å². The second-order valence-electron chi connectivity index (χ2n) is 13.2. The van der Waals surface area contributed by atoms with Crippen molar-refractivity contribution in [1.82, 2.24) is 44.4 Å². The van der Waals surface area contributed by atoms with Crippen LogP contribution in [0, 0.1) is 34.0 Å². The summed E-state index contributed by atoms with van der Waals surface area (Å²) in [6.45, 7) is 7.28. The molecule has 14 nitrogen and oxygen atoms in total. The minimum absolute atomic E-state index is 0.00379. The van der Waals surface area contributed by atoms with Gasteiger partial charge in [0.15, 0.2) is 5.65 Å². The van der Waals surface area contributed by atoms with Gasteiger partial charge >= 0.3 is 6.18 Å². The van der Waals surface area contributed by atoms with Gasteiger partial charge in [0.1, 0.15) is 12.1 Å². The molecule has 0 saturated carbocycles. The van der Waals surface area contributed by atoms with Gasteiger partial charge in [-0.05, 0) is 51.3 Å². The van der Waals surface area contributed by atoms with E-state index in [1.54, 1.807) is 33.9 Å². The molecule has 0 aliphatic carbocycles. The highest BCUT2D eigenvalue weighted by Gasteiger charge is 2.47. The SMILES string of the molecule is CC(C)(C#N)CNCC1CCN(C(=O)Cn2cc(Nc3nc4c(N5CC(CC#N)(n6cc(C(F)(F)F)cn6)C5)cccn4n3)cn2)CC1. The number of likely N-dealkylation sites (tertiary alicyclic amines) is 1. The molecule has 6 rings (SSSR count). The predicted octanol–water partition coefficient (Wildman–Crippen LogP) is 3.39. The first-order valence-corrected chi connectivity index (χ1v) is 15.7. The largest absolute Gasteiger partial charge is 0.419 e. The van der Waals surface area contributed by atoms with Gasteiger partial charge in [-0.25, -0.2) is 4.52 Å². The fraction of sp³-hybridized carbons (Fsp3) is 0.516. The molecule has 2 N–H and O–H groups in total. The van der Waals surface area contributed by atoms with Crippen molar-refractivity contribution >= 4 is 28.9 Å². The smallest absolute Gasteiger partial charge is 0.363 e. The van der Waals surface area contributed by atoms with Gasteiger partial charge in [-0.2, -0.15) is 38.9 Å². The lowest BCUT2D eigenvalue weighted by molar-refractivity contribution is -0.137. The third kappa shape index (κ3) is 6.91. The van der Waals surface area contributed by atoms with Crippen LogP contribution >= 0.6 is 0 Å². The monoisotopic (exact) mass is 663 g/mol. The predicted molar refractivity (Wildman–Crippen MR) is 168 cm³/mol. The van der Waals surface area contributed by atoms with Crippen LogP contribution in [0.3, 0.4) is 0 Å². The Morgan fingerprint density at radius 1 is 1.12 bits per heavy atom. The van der Waals surface area contributed by atoms with Crippen molar-refractivity contribution in [3.63, 3.8) is 0 Å². The number of anilines is 3. The number of alkyl halides is 3. The molecule has 48 heavy (non-hydrogen) atoms. The molecule has 2 aliphatic rings. The van der Waals surface area contributed by atoms with Crippen molar-refractivity contribution in [3.05, 3.63) is 48.7 Å². The van der Waals surface area contributed by atoms with E-state index in [9.17, 15) is 28.5 Å². The van der Waals surface area contributed by atoms with Crippen molar-refractivity contribution in [1.29, 1.82) is 10.5 Å². The fourth-order valence-corrected chi connectivity index (χ4v) is 6.14. The Morgan fingerprint density at radius 2 is 1.90 bits per heavy atom. The van der Waals surface area contributed by atoms with Crippen LogP contribution in [-0.4, -0.2) is 84.2 Å². The molecule has 4 aromatic heterocycles. The third-order valence-electron chi connectivity index (χ3n) is 8.91. The molecule has 252 valence electrons. The lowest BCUT2D eigenvalue weighted by atomic mass is 9.86. The number of nitrogens with one attached hydrogen (secondary N) is 2. The van der Waals surface area contributed by atoms with Crippen molar-refractivity contribution < 1.29 is 18.0 Å². The first kappa shape index (κ1) is 32.8. The molecule has 2 fully saturated rings. The summed E-state index contributed by atoms with van der Waals surface area (Å²) in [5.74, 6) is 0.753. The number of aromatic nitrogens is 7. The number of fused-ring (bicyclic) bond motifs is 1. The summed E-state index contributed by atoms with van der Waals surface area (Å²) in [6.07, 6.45) is 4.04. The summed E-state index contributed by atoms with van der Waals surface area (Å²) in [6, 6.07) is 8.02. The number of nitrogens with zero attached hydrogens (tertiary/aromatic N) is 11. The van der Waals surface area contributed by atoms with E-state index >= 15 is 0 Å². The second kappa shape index (κ2) is 12.8. The fourth-order valence-electron chi connectivity index (χ4n) is 6.14. The number of amides is 1. The maximum absolute atomic E-state index is 13.2. The maximum atomic E-state index is 13.2. The van der Waals surface area contributed by atoms with Crippen LogP contribution in [-0.2, 0) is 23.1 Å². The summed E-state index contributed by atoms with van der Waals surface area (Å²) >= 11 is 0. The van der Waals surface area contributed by atoms with E-state index < -0.39 is 22.7 Å². The van der Waals surface area contributed by atoms with Gasteiger partial charge in [-0.3, -0.25) is 14.2 Å². The Hall–Kier alpha value is -5.16. The molecule has 2 saturated heterocycles. The first-order valence-electron chi connectivity index (χ1n) is 15.7. The van der Waals surface area contributed by atoms with E-state index in [4.69, 9.17) is 0 Å². The van der Waals surface area contributed by atoms with Crippen LogP contribution in [0.1, 0.15) is 38.7 Å². The molecule has 0 unspecified atom stereocenters. The molecular formula is C31H36F3N13O. The molecule has 0 atom stereocenters. The Bertz CT molecular complexity index is 1850. The normalized spacial score (nSPS) is 16.8. The van der Waals surface area contributed by atoms with E-state index in [-0.39, 0.29) is 32.0 Å². The highest BCUT2D eigenvalue weighted by atomic mass is 19.4. The summed E-state index contributed by atoms with van der Waals surface area (Å²) < 4.78 is 44.0. The number of pyridine rings is 1. The van der Waals surface area contributed by atoms with Crippen molar-refractivity contribution in [3.8, 4) is 12.1 Å². The molecule has 0 radical (unpaired) electrons. The summed E-state index contributed by atoms with van der Waals surface area (Å²) in [5.41, 5.74) is -0.330. The Balaban J connectivity index is 1.04. The molecule has 0 spiro atoms. The minimum Gasteiger partial charge on any atom is -0.363 e. The quantitative estimate of drug-likeness (QED) is 0.243. The second-order valence-corrected chi connectivity index (χ2v) is 13.2. The van der Waals surface area contributed by atoms with Crippen molar-refractivity contribution in [2.24, 2.45) is 11.3 Å². The molecule has 0 bridgehead atoms. The maximum Gasteiger partial charge on any atom is 0.419 e. The van der Waals surface area contributed by atoms with Crippen LogP contribution in [0.5, 0.6) is 0 Å². The molecule has 6 heterocycles. The van der Waals surface area contributed by atoms with Gasteiger partial charge in [0.2, 0.25) is 11.9 Å². The average Bonchev–Trinajstić information content (AvgIpc) is 3.79. The zero-order chi connectivity index (χ0) is 34.1. The number of hydrogen-bond acceptors (Lipinski definition) is 10. The van der Waals surface area contributed by atoms with Crippen LogP contribution < -0.4 is 15.5 Å². The molecule has 1 amide bonds. The zero-order valence-corrected chi connectivity index (χ0v) is 26.7. The molecule has 2 aliphatic heterocycles. The van der Waals surface area contributed by atoms with E-state index in [2.05, 4.69) is 43.1 Å². The number of hydrogen-bond donors (Lipinski definition) is 2. The number of rotatable bonds is 11. The van der Waals surface area contributed by atoms with Crippen LogP contribution in [0.4, 0.5) is 30.5 Å². The lowest BCUT2D eigenvalue weighted by Gasteiger charge is -2.50. The average molecular weight is 664 g/mol. The summed E-state index contributed by atoms with van der Waals surface area (Å²) in [7, 11) is 0. The summed E-state index contributed by atoms with van der Waals surface area (Å²) in [4.78, 5) is 21.4.